The van der Waals surface area contributed by atoms with Crippen molar-refractivity contribution >= 4 is 27.6 Å². The van der Waals surface area contributed by atoms with Gasteiger partial charge in [-0.1, -0.05) is 0 Å². The number of anilines is 1. The molecule has 2 rings (SSSR count). The van der Waals surface area contributed by atoms with Gasteiger partial charge in [-0.2, -0.15) is 11.8 Å². The zero-order chi connectivity index (χ0) is 14.6. The fraction of sp³-hybridized carbons (Fsp3) is 0.615. The second kappa shape index (κ2) is 6.32. The maximum Gasteiger partial charge on any atom is 0.242 e. The number of nitrogens with zero attached hydrogens (tertiary/aromatic N) is 1. The van der Waals surface area contributed by atoms with Crippen molar-refractivity contribution < 1.29 is 8.42 Å². The molecule has 2 heterocycles. The molecule has 1 saturated heterocycles. The van der Waals surface area contributed by atoms with E-state index in [2.05, 4.69) is 21.9 Å². The summed E-state index contributed by atoms with van der Waals surface area (Å²) < 4.78 is 27.2. The van der Waals surface area contributed by atoms with Gasteiger partial charge in [0.2, 0.25) is 10.0 Å². The lowest BCUT2D eigenvalue weighted by molar-refractivity contribution is 0.552. The van der Waals surface area contributed by atoms with E-state index in [1.807, 2.05) is 18.7 Å². The van der Waals surface area contributed by atoms with Gasteiger partial charge in [-0.3, -0.25) is 0 Å². The van der Waals surface area contributed by atoms with E-state index in [9.17, 15) is 8.42 Å². The van der Waals surface area contributed by atoms with Crippen molar-refractivity contribution in [2.45, 2.75) is 36.3 Å². The normalized spacial score (nSPS) is 22.9. The number of sulfonamides is 1. The molecule has 1 aliphatic rings. The minimum absolute atomic E-state index is 0.0181. The lowest BCUT2D eigenvalue weighted by Gasteiger charge is -2.22. The number of thioether (sulfide) groups is 1. The number of rotatable bonds is 6. The summed E-state index contributed by atoms with van der Waals surface area (Å²) in [5.41, 5.74) is 0. The number of hydrogen-bond acceptors (Lipinski definition) is 5. The lowest BCUT2D eigenvalue weighted by atomic mass is 10.1. The predicted molar refractivity (Wildman–Crippen MR) is 83.7 cm³/mol. The van der Waals surface area contributed by atoms with Crippen LogP contribution in [0.2, 0.25) is 0 Å². The van der Waals surface area contributed by atoms with E-state index >= 15 is 0 Å². The minimum Gasteiger partial charge on any atom is -0.370 e. The van der Waals surface area contributed by atoms with Crippen LogP contribution in [0.25, 0.3) is 0 Å². The standard InChI is InChI=1S/C13H21N3O2S2/c1-3-14-12-6-5-11(9-15-12)20(17,18)16-10-13(2)7-4-8-19-13/h5-6,9,16H,3-4,7-8,10H2,1-2H3,(H,14,15). The maximum absolute atomic E-state index is 12.2. The van der Waals surface area contributed by atoms with Crippen molar-refractivity contribution in [2.24, 2.45) is 0 Å². The number of hydrogen-bond donors (Lipinski definition) is 2. The molecular weight excluding hydrogens is 294 g/mol. The number of pyridine rings is 1. The van der Waals surface area contributed by atoms with Crippen LogP contribution < -0.4 is 10.0 Å². The first-order valence-corrected chi connectivity index (χ1v) is 9.26. The van der Waals surface area contributed by atoms with Gasteiger partial charge in [-0.05, 0) is 44.6 Å². The fourth-order valence-electron chi connectivity index (χ4n) is 2.13. The topological polar surface area (TPSA) is 71.1 Å². The molecular formula is C13H21N3O2S2. The van der Waals surface area contributed by atoms with Crippen LogP contribution >= 0.6 is 11.8 Å². The Morgan fingerprint density at radius 1 is 1.45 bits per heavy atom. The summed E-state index contributed by atoms with van der Waals surface area (Å²) >= 11 is 1.84. The highest BCUT2D eigenvalue weighted by molar-refractivity contribution is 8.01. The van der Waals surface area contributed by atoms with Gasteiger partial charge in [0.15, 0.2) is 0 Å². The summed E-state index contributed by atoms with van der Waals surface area (Å²) in [4.78, 5) is 4.31. The summed E-state index contributed by atoms with van der Waals surface area (Å²) in [5, 5.41) is 3.04. The Balaban J connectivity index is 2.02. The van der Waals surface area contributed by atoms with E-state index in [-0.39, 0.29) is 9.64 Å². The molecule has 1 fully saturated rings. The first kappa shape index (κ1) is 15.6. The van der Waals surface area contributed by atoms with E-state index in [1.165, 1.54) is 6.20 Å². The van der Waals surface area contributed by atoms with Gasteiger partial charge in [-0.25, -0.2) is 18.1 Å². The zero-order valence-corrected chi connectivity index (χ0v) is 13.5. The van der Waals surface area contributed by atoms with Crippen LogP contribution in [0, 0.1) is 0 Å². The average Bonchev–Trinajstić information content (AvgIpc) is 2.85. The van der Waals surface area contributed by atoms with Crippen molar-refractivity contribution in [1.82, 2.24) is 9.71 Å². The van der Waals surface area contributed by atoms with Crippen molar-refractivity contribution in [2.75, 3.05) is 24.2 Å². The first-order valence-electron chi connectivity index (χ1n) is 6.79. The number of aromatic nitrogens is 1. The van der Waals surface area contributed by atoms with E-state index in [0.717, 1.165) is 25.1 Å². The molecule has 1 aromatic rings. The molecule has 0 aliphatic carbocycles. The van der Waals surface area contributed by atoms with Gasteiger partial charge in [0.05, 0.1) is 0 Å². The van der Waals surface area contributed by atoms with Gasteiger partial charge in [0, 0.05) is 24.0 Å². The van der Waals surface area contributed by atoms with Crippen LogP contribution in [-0.4, -0.2) is 37.0 Å². The molecule has 7 heteroatoms. The summed E-state index contributed by atoms with van der Waals surface area (Å²) in [6, 6.07) is 3.27. The van der Waals surface area contributed by atoms with E-state index in [1.54, 1.807) is 12.1 Å². The minimum atomic E-state index is -3.47. The lowest BCUT2D eigenvalue weighted by Crippen LogP contribution is -2.36. The summed E-state index contributed by atoms with van der Waals surface area (Å²) in [5.74, 6) is 1.79. The third-order valence-corrected chi connectivity index (χ3v) is 6.27. The summed E-state index contributed by atoms with van der Waals surface area (Å²) in [6.07, 6.45) is 3.60. The molecule has 0 saturated carbocycles. The molecule has 1 aliphatic heterocycles. The van der Waals surface area contributed by atoms with Crippen LogP contribution in [-0.2, 0) is 10.0 Å². The van der Waals surface area contributed by atoms with Crippen LogP contribution in [0.15, 0.2) is 23.2 Å². The Morgan fingerprint density at radius 3 is 2.80 bits per heavy atom. The molecule has 1 atom stereocenters. The molecule has 1 unspecified atom stereocenters. The molecule has 2 N–H and O–H groups in total. The van der Waals surface area contributed by atoms with Gasteiger partial charge >= 0.3 is 0 Å². The van der Waals surface area contributed by atoms with Crippen molar-refractivity contribution in [3.63, 3.8) is 0 Å². The Bertz CT molecular complexity index is 537. The Kier molecular flexibility index (Phi) is 4.93. The van der Waals surface area contributed by atoms with E-state index < -0.39 is 10.0 Å². The Morgan fingerprint density at radius 2 is 2.25 bits per heavy atom. The predicted octanol–water partition coefficient (Wildman–Crippen LogP) is 2.08. The summed E-state index contributed by atoms with van der Waals surface area (Å²) in [6.45, 7) is 5.30. The van der Waals surface area contributed by atoms with Crippen LogP contribution in [0.3, 0.4) is 0 Å². The van der Waals surface area contributed by atoms with Gasteiger partial charge in [-0.15, -0.1) is 0 Å². The highest BCUT2D eigenvalue weighted by Gasteiger charge is 2.31. The van der Waals surface area contributed by atoms with Crippen molar-refractivity contribution in [3.8, 4) is 0 Å². The summed E-state index contributed by atoms with van der Waals surface area (Å²) in [7, 11) is -3.47. The van der Waals surface area contributed by atoms with Gasteiger partial charge < -0.3 is 5.32 Å². The van der Waals surface area contributed by atoms with Crippen LogP contribution in [0.5, 0.6) is 0 Å². The van der Waals surface area contributed by atoms with Gasteiger partial charge in [0.1, 0.15) is 10.7 Å². The van der Waals surface area contributed by atoms with Gasteiger partial charge in [0.25, 0.3) is 0 Å². The second-order valence-electron chi connectivity index (χ2n) is 5.14. The molecule has 5 nitrogen and oxygen atoms in total. The second-order valence-corrected chi connectivity index (χ2v) is 8.59. The molecule has 20 heavy (non-hydrogen) atoms. The SMILES string of the molecule is CCNc1ccc(S(=O)(=O)NCC2(C)CCCS2)cn1. The average molecular weight is 315 g/mol. The largest absolute Gasteiger partial charge is 0.370 e. The smallest absolute Gasteiger partial charge is 0.242 e. The van der Waals surface area contributed by atoms with Crippen molar-refractivity contribution in [1.29, 1.82) is 0 Å². The molecule has 1 aromatic heterocycles. The highest BCUT2D eigenvalue weighted by atomic mass is 32.2. The van der Waals surface area contributed by atoms with Crippen molar-refractivity contribution in [3.05, 3.63) is 18.3 Å². The Hall–Kier alpha value is -0.790. The fourth-order valence-corrected chi connectivity index (χ4v) is 4.58. The highest BCUT2D eigenvalue weighted by Crippen LogP contribution is 2.37. The third kappa shape index (κ3) is 3.86. The molecule has 0 aromatic carbocycles. The molecule has 0 amide bonds. The Labute approximate surface area is 125 Å². The number of nitrogens with one attached hydrogen (secondary N) is 2. The van der Waals surface area contributed by atoms with Crippen LogP contribution in [0.1, 0.15) is 26.7 Å². The first-order chi connectivity index (χ1) is 9.45. The van der Waals surface area contributed by atoms with Crippen LogP contribution in [0.4, 0.5) is 5.82 Å². The van der Waals surface area contributed by atoms with E-state index in [0.29, 0.717) is 12.4 Å². The third-order valence-electron chi connectivity index (χ3n) is 3.34. The van der Waals surface area contributed by atoms with E-state index in [4.69, 9.17) is 0 Å². The molecule has 0 spiro atoms. The molecule has 0 radical (unpaired) electrons. The maximum atomic E-state index is 12.2. The molecule has 0 bridgehead atoms. The quantitative estimate of drug-likeness (QED) is 0.841. The zero-order valence-electron chi connectivity index (χ0n) is 11.8. The molecule has 112 valence electrons. The monoisotopic (exact) mass is 315 g/mol.